The highest BCUT2D eigenvalue weighted by Gasteiger charge is 2.14. The van der Waals surface area contributed by atoms with Gasteiger partial charge in [-0.05, 0) is 30.5 Å². The van der Waals surface area contributed by atoms with Crippen molar-refractivity contribution >= 4 is 27.3 Å². The molecule has 0 fully saturated rings. The van der Waals surface area contributed by atoms with Gasteiger partial charge in [-0.2, -0.15) is 0 Å². The van der Waals surface area contributed by atoms with Gasteiger partial charge in [0.15, 0.2) is 5.96 Å². The van der Waals surface area contributed by atoms with Crippen LogP contribution in [0.25, 0.3) is 0 Å². The summed E-state index contributed by atoms with van der Waals surface area (Å²) in [6.07, 6.45) is 0. The fourth-order valence-corrected chi connectivity index (χ4v) is 4.34. The molecule has 0 saturated carbocycles. The monoisotopic (exact) mass is 410 g/mol. The van der Waals surface area contributed by atoms with Gasteiger partial charge in [0.1, 0.15) is 16.6 Å². The topological polar surface area (TPSA) is 83.0 Å². The molecule has 27 heavy (non-hydrogen) atoms. The SMILES string of the molecule is CN=C(NCCNS(=O)(=O)c1cccs1)N(C)CCOc1ccc(C)cc1. The molecule has 9 heteroatoms. The van der Waals surface area contributed by atoms with Crippen molar-refractivity contribution in [3.63, 3.8) is 0 Å². The van der Waals surface area contributed by atoms with Gasteiger partial charge in [-0.1, -0.05) is 23.8 Å². The predicted molar refractivity (Wildman–Crippen MR) is 110 cm³/mol. The third kappa shape index (κ3) is 6.85. The molecule has 148 valence electrons. The highest BCUT2D eigenvalue weighted by atomic mass is 32.2. The van der Waals surface area contributed by atoms with Crippen LogP contribution in [-0.4, -0.2) is 59.6 Å². The third-order valence-corrected chi connectivity index (χ3v) is 6.61. The van der Waals surface area contributed by atoms with Gasteiger partial charge in [-0.3, -0.25) is 4.99 Å². The van der Waals surface area contributed by atoms with Crippen LogP contribution < -0.4 is 14.8 Å². The van der Waals surface area contributed by atoms with Gasteiger partial charge < -0.3 is 15.0 Å². The van der Waals surface area contributed by atoms with E-state index in [4.69, 9.17) is 4.74 Å². The number of aryl methyl sites for hydroxylation is 1. The van der Waals surface area contributed by atoms with Gasteiger partial charge in [0, 0.05) is 27.2 Å². The number of guanidine groups is 1. The first kappa shape index (κ1) is 21.2. The largest absolute Gasteiger partial charge is 0.492 e. The number of likely N-dealkylation sites (N-methyl/N-ethyl adjacent to an activating group) is 1. The van der Waals surface area contributed by atoms with Crippen LogP contribution in [0.4, 0.5) is 0 Å². The Bertz CT molecular complexity index is 819. The van der Waals surface area contributed by atoms with Crippen molar-refractivity contribution in [1.82, 2.24) is 14.9 Å². The van der Waals surface area contributed by atoms with E-state index < -0.39 is 10.0 Å². The minimum Gasteiger partial charge on any atom is -0.492 e. The van der Waals surface area contributed by atoms with Crippen molar-refractivity contribution < 1.29 is 13.2 Å². The van der Waals surface area contributed by atoms with Gasteiger partial charge >= 0.3 is 0 Å². The average molecular weight is 411 g/mol. The van der Waals surface area contributed by atoms with Crippen LogP contribution in [0.2, 0.25) is 0 Å². The lowest BCUT2D eigenvalue weighted by Gasteiger charge is -2.22. The molecule has 0 unspecified atom stereocenters. The molecule has 2 rings (SSSR count). The summed E-state index contributed by atoms with van der Waals surface area (Å²) in [7, 11) is 0.162. The number of aliphatic imine (C=N–C) groups is 1. The van der Waals surface area contributed by atoms with E-state index in [-0.39, 0.29) is 6.54 Å². The molecule has 0 aliphatic rings. The number of hydrogen-bond acceptors (Lipinski definition) is 5. The highest BCUT2D eigenvalue weighted by molar-refractivity contribution is 7.91. The van der Waals surface area contributed by atoms with Crippen molar-refractivity contribution in [2.24, 2.45) is 4.99 Å². The van der Waals surface area contributed by atoms with Crippen LogP contribution in [0, 0.1) is 6.92 Å². The van der Waals surface area contributed by atoms with Crippen molar-refractivity contribution in [2.45, 2.75) is 11.1 Å². The second kappa shape index (κ2) is 10.3. The molecular formula is C18H26N4O3S2. The van der Waals surface area contributed by atoms with E-state index in [1.54, 1.807) is 24.6 Å². The maximum atomic E-state index is 12.1. The number of benzene rings is 1. The summed E-state index contributed by atoms with van der Waals surface area (Å²) in [4.78, 5) is 6.14. The number of hydrogen-bond donors (Lipinski definition) is 2. The van der Waals surface area contributed by atoms with E-state index in [1.165, 1.54) is 16.9 Å². The number of sulfonamides is 1. The quantitative estimate of drug-likeness (QED) is 0.375. The Hall–Kier alpha value is -2.10. The van der Waals surface area contributed by atoms with Crippen LogP contribution in [0.3, 0.4) is 0 Å². The molecular weight excluding hydrogens is 384 g/mol. The standard InChI is InChI=1S/C18H26N4O3S2/c1-15-6-8-16(9-7-15)25-13-12-22(3)18(19-2)20-10-11-21-27(23,24)17-5-4-14-26-17/h4-9,14,21H,10-13H2,1-3H3,(H,19,20). The Labute approximate surface area is 165 Å². The van der Waals surface area contributed by atoms with Crippen LogP contribution in [-0.2, 0) is 10.0 Å². The second-order valence-electron chi connectivity index (χ2n) is 5.89. The number of rotatable bonds is 9. The summed E-state index contributed by atoms with van der Waals surface area (Å²) in [5.74, 6) is 1.51. The smallest absolute Gasteiger partial charge is 0.250 e. The van der Waals surface area contributed by atoms with E-state index in [0.717, 1.165) is 5.75 Å². The van der Waals surface area contributed by atoms with Crippen molar-refractivity contribution in [3.05, 3.63) is 47.3 Å². The molecule has 2 aromatic rings. The zero-order valence-corrected chi connectivity index (χ0v) is 17.4. The van der Waals surface area contributed by atoms with Crippen LogP contribution >= 0.6 is 11.3 Å². The lowest BCUT2D eigenvalue weighted by Crippen LogP contribution is -2.43. The summed E-state index contributed by atoms with van der Waals surface area (Å²) >= 11 is 1.19. The molecule has 0 bridgehead atoms. The maximum absolute atomic E-state index is 12.1. The van der Waals surface area contributed by atoms with E-state index in [0.29, 0.717) is 29.9 Å². The summed E-state index contributed by atoms with van der Waals surface area (Å²) in [5.41, 5.74) is 1.19. The first-order chi connectivity index (χ1) is 12.9. The number of ether oxygens (including phenoxy) is 1. The Morgan fingerprint density at radius 3 is 2.59 bits per heavy atom. The van der Waals surface area contributed by atoms with Crippen molar-refractivity contribution in [2.75, 3.05) is 40.3 Å². The first-order valence-electron chi connectivity index (χ1n) is 8.57. The molecule has 0 saturated heterocycles. The Morgan fingerprint density at radius 1 is 1.22 bits per heavy atom. The second-order valence-corrected chi connectivity index (χ2v) is 8.83. The Balaban J connectivity index is 1.70. The van der Waals surface area contributed by atoms with E-state index >= 15 is 0 Å². The molecule has 2 N–H and O–H groups in total. The van der Waals surface area contributed by atoms with E-state index in [2.05, 4.69) is 15.0 Å². The Kier molecular flexibility index (Phi) is 8.08. The molecule has 7 nitrogen and oxygen atoms in total. The Morgan fingerprint density at radius 2 is 1.96 bits per heavy atom. The molecule has 0 amide bonds. The molecule has 0 spiro atoms. The fourth-order valence-electron chi connectivity index (χ4n) is 2.27. The van der Waals surface area contributed by atoms with Crippen LogP contribution in [0.1, 0.15) is 5.56 Å². The summed E-state index contributed by atoms with van der Waals surface area (Å²) in [5, 5.41) is 4.88. The number of thiophene rings is 1. The lowest BCUT2D eigenvalue weighted by atomic mass is 10.2. The van der Waals surface area contributed by atoms with Gasteiger partial charge in [-0.15, -0.1) is 11.3 Å². The van der Waals surface area contributed by atoms with Crippen LogP contribution in [0.5, 0.6) is 5.75 Å². The third-order valence-electron chi connectivity index (χ3n) is 3.75. The minimum absolute atomic E-state index is 0.271. The zero-order valence-electron chi connectivity index (χ0n) is 15.8. The molecule has 0 aliphatic carbocycles. The summed E-state index contributed by atoms with van der Waals surface area (Å²) in [6, 6.07) is 11.2. The predicted octanol–water partition coefficient (Wildman–Crippen LogP) is 1.92. The first-order valence-corrected chi connectivity index (χ1v) is 10.9. The van der Waals surface area contributed by atoms with Crippen molar-refractivity contribution in [1.29, 1.82) is 0 Å². The fraction of sp³-hybridized carbons (Fsp3) is 0.389. The van der Waals surface area contributed by atoms with E-state index in [1.807, 2.05) is 43.1 Å². The van der Waals surface area contributed by atoms with Gasteiger partial charge in [0.25, 0.3) is 0 Å². The minimum atomic E-state index is -3.43. The summed E-state index contributed by atoms with van der Waals surface area (Å²) in [6.45, 7) is 3.90. The molecule has 0 radical (unpaired) electrons. The zero-order chi connectivity index (χ0) is 19.7. The molecule has 1 aromatic carbocycles. The highest BCUT2D eigenvalue weighted by Crippen LogP contribution is 2.14. The molecule has 1 heterocycles. The summed E-state index contributed by atoms with van der Waals surface area (Å²) < 4.78 is 32.7. The molecule has 0 atom stereocenters. The van der Waals surface area contributed by atoms with Gasteiger partial charge in [-0.25, -0.2) is 13.1 Å². The number of nitrogens with zero attached hydrogens (tertiary/aromatic N) is 2. The van der Waals surface area contributed by atoms with E-state index in [9.17, 15) is 8.42 Å². The molecule has 0 aliphatic heterocycles. The number of nitrogens with one attached hydrogen (secondary N) is 2. The van der Waals surface area contributed by atoms with Gasteiger partial charge in [0.05, 0.1) is 6.54 Å². The average Bonchev–Trinajstić information content (AvgIpc) is 3.19. The maximum Gasteiger partial charge on any atom is 0.250 e. The van der Waals surface area contributed by atoms with Crippen LogP contribution in [0.15, 0.2) is 51.0 Å². The normalized spacial score (nSPS) is 12.0. The lowest BCUT2D eigenvalue weighted by molar-refractivity contribution is 0.281. The van der Waals surface area contributed by atoms with Crippen molar-refractivity contribution in [3.8, 4) is 5.75 Å². The molecule has 1 aromatic heterocycles. The van der Waals surface area contributed by atoms with Gasteiger partial charge in [0.2, 0.25) is 10.0 Å².